The maximum Gasteiger partial charge on any atom is 0.126 e. The van der Waals surface area contributed by atoms with E-state index in [4.69, 9.17) is 4.42 Å². The predicted molar refractivity (Wildman–Crippen MR) is 49.9 cm³/mol. The summed E-state index contributed by atoms with van der Waals surface area (Å²) < 4.78 is 5.35. The zero-order valence-electron chi connectivity index (χ0n) is 7.47. The van der Waals surface area contributed by atoms with Crippen LogP contribution in [-0.2, 0) is 0 Å². The minimum Gasteiger partial charge on any atom is -0.465 e. The van der Waals surface area contributed by atoms with Gasteiger partial charge in [0.1, 0.15) is 5.76 Å². The lowest BCUT2D eigenvalue weighted by molar-refractivity contribution is 0.554. The van der Waals surface area contributed by atoms with E-state index in [0.29, 0.717) is 0 Å². The first-order valence-electron chi connectivity index (χ1n) is 4.59. The van der Waals surface area contributed by atoms with Crippen molar-refractivity contribution in [1.29, 1.82) is 0 Å². The third kappa shape index (κ3) is 1.60. The predicted octanol–water partition coefficient (Wildman–Crippen LogP) is 3.55. The van der Waals surface area contributed by atoms with Crippen molar-refractivity contribution in [2.24, 2.45) is 0 Å². The van der Waals surface area contributed by atoms with Gasteiger partial charge in [-0.15, -0.1) is 0 Å². The number of furan rings is 1. The third-order valence-electron chi connectivity index (χ3n) is 2.34. The van der Waals surface area contributed by atoms with E-state index in [9.17, 15) is 0 Å². The standard InChI is InChI=1S/C11H14O/c1-9-6-11(12-8-9)7-10-4-2-3-5-10/h6-8H,2-5H2,1H3. The van der Waals surface area contributed by atoms with Crippen molar-refractivity contribution < 1.29 is 4.42 Å². The molecule has 1 heterocycles. The number of hydrogen-bond donors (Lipinski definition) is 0. The Labute approximate surface area is 73.1 Å². The smallest absolute Gasteiger partial charge is 0.126 e. The van der Waals surface area contributed by atoms with Gasteiger partial charge < -0.3 is 4.42 Å². The fourth-order valence-electron chi connectivity index (χ4n) is 1.70. The average molecular weight is 162 g/mol. The van der Waals surface area contributed by atoms with Crippen molar-refractivity contribution in [3.63, 3.8) is 0 Å². The van der Waals surface area contributed by atoms with Gasteiger partial charge >= 0.3 is 0 Å². The molecule has 0 radical (unpaired) electrons. The Hall–Kier alpha value is -0.980. The Kier molecular flexibility index (Phi) is 2.03. The number of rotatable bonds is 1. The molecule has 0 aromatic carbocycles. The Morgan fingerprint density at radius 2 is 2.08 bits per heavy atom. The first-order valence-corrected chi connectivity index (χ1v) is 4.59. The van der Waals surface area contributed by atoms with Crippen LogP contribution in [0.2, 0.25) is 0 Å². The summed E-state index contributed by atoms with van der Waals surface area (Å²) in [5.41, 5.74) is 2.75. The number of allylic oxidation sites excluding steroid dienone is 1. The molecule has 0 amide bonds. The Morgan fingerprint density at radius 3 is 2.67 bits per heavy atom. The third-order valence-corrected chi connectivity index (χ3v) is 2.34. The normalized spacial score (nSPS) is 16.9. The van der Waals surface area contributed by atoms with E-state index < -0.39 is 0 Å². The number of aryl methyl sites for hydroxylation is 1. The minimum atomic E-state index is 1.02. The SMILES string of the molecule is Cc1coc(C=C2CCCC2)c1. The van der Waals surface area contributed by atoms with Crippen LogP contribution < -0.4 is 0 Å². The lowest BCUT2D eigenvalue weighted by atomic mass is 10.2. The summed E-state index contributed by atoms with van der Waals surface area (Å²) in [5.74, 6) is 1.02. The van der Waals surface area contributed by atoms with Crippen LogP contribution in [0.15, 0.2) is 22.3 Å². The van der Waals surface area contributed by atoms with Crippen LogP contribution in [0, 0.1) is 6.92 Å². The topological polar surface area (TPSA) is 13.1 Å². The van der Waals surface area contributed by atoms with E-state index in [0.717, 1.165) is 5.76 Å². The zero-order chi connectivity index (χ0) is 8.39. The molecular formula is C11H14O. The van der Waals surface area contributed by atoms with Crippen molar-refractivity contribution in [3.8, 4) is 0 Å². The van der Waals surface area contributed by atoms with Gasteiger partial charge in [-0.05, 0) is 50.3 Å². The van der Waals surface area contributed by atoms with Crippen molar-refractivity contribution >= 4 is 6.08 Å². The molecule has 0 unspecified atom stereocenters. The maximum absolute atomic E-state index is 5.35. The highest BCUT2D eigenvalue weighted by Crippen LogP contribution is 2.26. The van der Waals surface area contributed by atoms with Gasteiger partial charge in [0.2, 0.25) is 0 Å². The van der Waals surface area contributed by atoms with E-state index >= 15 is 0 Å². The molecule has 1 aliphatic rings. The Morgan fingerprint density at radius 1 is 1.33 bits per heavy atom. The lowest BCUT2D eigenvalue weighted by Gasteiger charge is -1.91. The second kappa shape index (κ2) is 3.18. The van der Waals surface area contributed by atoms with Crippen molar-refractivity contribution in [2.45, 2.75) is 32.6 Å². The molecule has 1 saturated carbocycles. The molecule has 1 aliphatic carbocycles. The summed E-state index contributed by atoms with van der Waals surface area (Å²) >= 11 is 0. The highest BCUT2D eigenvalue weighted by atomic mass is 16.3. The first-order chi connectivity index (χ1) is 5.84. The lowest BCUT2D eigenvalue weighted by Crippen LogP contribution is -1.70. The molecule has 0 saturated heterocycles. The van der Waals surface area contributed by atoms with Crippen molar-refractivity contribution in [3.05, 3.63) is 29.2 Å². The maximum atomic E-state index is 5.35. The number of hydrogen-bond acceptors (Lipinski definition) is 1. The quantitative estimate of drug-likeness (QED) is 0.615. The van der Waals surface area contributed by atoms with Crippen LogP contribution in [0.1, 0.15) is 37.0 Å². The monoisotopic (exact) mass is 162 g/mol. The summed E-state index contributed by atoms with van der Waals surface area (Å²) in [6.07, 6.45) is 9.23. The van der Waals surface area contributed by atoms with E-state index in [-0.39, 0.29) is 0 Å². The van der Waals surface area contributed by atoms with E-state index in [2.05, 4.69) is 19.1 Å². The molecule has 1 fully saturated rings. The second-order valence-corrected chi connectivity index (χ2v) is 3.54. The van der Waals surface area contributed by atoms with Crippen LogP contribution in [0.5, 0.6) is 0 Å². The van der Waals surface area contributed by atoms with Gasteiger partial charge in [-0.2, -0.15) is 0 Å². The fraction of sp³-hybridized carbons (Fsp3) is 0.455. The molecular weight excluding hydrogens is 148 g/mol. The molecule has 0 aliphatic heterocycles. The molecule has 0 bridgehead atoms. The molecule has 0 spiro atoms. The Bertz CT molecular complexity index is 286. The van der Waals surface area contributed by atoms with Crippen LogP contribution in [-0.4, -0.2) is 0 Å². The summed E-state index contributed by atoms with van der Waals surface area (Å²) in [4.78, 5) is 0. The highest BCUT2D eigenvalue weighted by Gasteiger charge is 2.06. The molecule has 1 aromatic rings. The average Bonchev–Trinajstić information content (AvgIpc) is 2.63. The zero-order valence-corrected chi connectivity index (χ0v) is 7.47. The van der Waals surface area contributed by atoms with Crippen molar-refractivity contribution in [2.75, 3.05) is 0 Å². The van der Waals surface area contributed by atoms with E-state index in [1.807, 2.05) is 0 Å². The van der Waals surface area contributed by atoms with E-state index in [1.165, 1.54) is 31.2 Å². The van der Waals surface area contributed by atoms with Crippen LogP contribution in [0.3, 0.4) is 0 Å². The molecule has 1 heteroatoms. The summed E-state index contributed by atoms with van der Waals surface area (Å²) in [6.45, 7) is 2.06. The van der Waals surface area contributed by atoms with Crippen LogP contribution in [0.4, 0.5) is 0 Å². The van der Waals surface area contributed by atoms with E-state index in [1.54, 1.807) is 11.8 Å². The molecule has 64 valence electrons. The van der Waals surface area contributed by atoms with Gasteiger partial charge in [0.05, 0.1) is 6.26 Å². The van der Waals surface area contributed by atoms with Gasteiger partial charge in [0, 0.05) is 0 Å². The molecule has 0 N–H and O–H groups in total. The molecule has 12 heavy (non-hydrogen) atoms. The second-order valence-electron chi connectivity index (χ2n) is 3.54. The van der Waals surface area contributed by atoms with Crippen molar-refractivity contribution in [1.82, 2.24) is 0 Å². The first kappa shape index (κ1) is 7.66. The van der Waals surface area contributed by atoms with Crippen LogP contribution in [0.25, 0.3) is 6.08 Å². The van der Waals surface area contributed by atoms with Gasteiger partial charge in [0.15, 0.2) is 0 Å². The highest BCUT2D eigenvalue weighted by molar-refractivity contribution is 5.48. The molecule has 1 nitrogen and oxygen atoms in total. The fourth-order valence-corrected chi connectivity index (χ4v) is 1.70. The molecule has 2 rings (SSSR count). The van der Waals surface area contributed by atoms with Crippen LogP contribution >= 0.6 is 0 Å². The summed E-state index contributed by atoms with van der Waals surface area (Å²) in [5, 5.41) is 0. The van der Waals surface area contributed by atoms with Gasteiger partial charge in [-0.25, -0.2) is 0 Å². The molecule has 0 atom stereocenters. The largest absolute Gasteiger partial charge is 0.465 e. The summed E-state index contributed by atoms with van der Waals surface area (Å²) in [6, 6.07) is 2.09. The van der Waals surface area contributed by atoms with Gasteiger partial charge in [0.25, 0.3) is 0 Å². The molecule has 1 aromatic heterocycles. The van der Waals surface area contributed by atoms with Gasteiger partial charge in [-0.1, -0.05) is 5.57 Å². The van der Waals surface area contributed by atoms with Gasteiger partial charge in [-0.3, -0.25) is 0 Å². The minimum absolute atomic E-state index is 1.02. The Balaban J connectivity index is 2.15. The summed E-state index contributed by atoms with van der Waals surface area (Å²) in [7, 11) is 0.